The van der Waals surface area contributed by atoms with Crippen LogP contribution in [0, 0.1) is 0 Å². The molecule has 2 aromatic rings. The summed E-state index contributed by atoms with van der Waals surface area (Å²) in [4.78, 5) is 19.0. The van der Waals surface area contributed by atoms with E-state index in [1.54, 1.807) is 0 Å². The van der Waals surface area contributed by atoms with E-state index in [9.17, 15) is 4.79 Å². The number of hydrogen-bond acceptors (Lipinski definition) is 3. The Labute approximate surface area is 149 Å². The van der Waals surface area contributed by atoms with E-state index in [1.165, 1.54) is 67.4 Å². The van der Waals surface area contributed by atoms with Gasteiger partial charge in [0.25, 0.3) is 0 Å². The number of rotatable bonds is 4. The zero-order chi connectivity index (χ0) is 17.2. The molecule has 4 rings (SSSR count). The van der Waals surface area contributed by atoms with Gasteiger partial charge in [0.1, 0.15) is 0 Å². The zero-order valence-corrected chi connectivity index (χ0v) is 14.9. The highest BCUT2D eigenvalue weighted by molar-refractivity contribution is 5.97. The number of primary amides is 1. The fourth-order valence-electron chi connectivity index (χ4n) is 4.42. The number of nitrogens with zero attached hydrogens (tertiary/aromatic N) is 2. The molecular weight excluding hydrogens is 310 g/mol. The lowest BCUT2D eigenvalue weighted by Crippen LogP contribution is -2.31. The summed E-state index contributed by atoms with van der Waals surface area (Å²) >= 11 is 0. The number of likely N-dealkylation sites (tertiary alicyclic amines) is 1. The van der Waals surface area contributed by atoms with Crippen molar-refractivity contribution in [1.29, 1.82) is 0 Å². The van der Waals surface area contributed by atoms with E-state index in [-0.39, 0.29) is 5.91 Å². The fraction of sp³-hybridized carbons (Fsp3) is 0.524. The molecule has 2 heterocycles. The van der Waals surface area contributed by atoms with Crippen molar-refractivity contribution in [2.45, 2.75) is 51.4 Å². The summed E-state index contributed by atoms with van der Waals surface area (Å²) < 4.78 is 0. The minimum Gasteiger partial charge on any atom is -0.366 e. The number of carbonyl (C=O) groups excluding carboxylic acids is 1. The summed E-state index contributed by atoms with van der Waals surface area (Å²) in [7, 11) is 0. The van der Waals surface area contributed by atoms with Gasteiger partial charge in [0.05, 0.1) is 5.52 Å². The third-order valence-corrected chi connectivity index (χ3v) is 5.79. The number of fused-ring (bicyclic) bond motifs is 2. The van der Waals surface area contributed by atoms with Crippen molar-refractivity contribution < 1.29 is 4.79 Å². The summed E-state index contributed by atoms with van der Waals surface area (Å²) in [6, 6.07) is 5.78. The predicted octanol–water partition coefficient (Wildman–Crippen LogP) is 3.24. The second-order valence-corrected chi connectivity index (χ2v) is 7.47. The van der Waals surface area contributed by atoms with Crippen LogP contribution in [-0.4, -0.2) is 35.4 Å². The van der Waals surface area contributed by atoms with Gasteiger partial charge in [-0.25, -0.2) is 0 Å². The highest BCUT2D eigenvalue weighted by atomic mass is 16.1. The zero-order valence-electron chi connectivity index (χ0n) is 14.9. The van der Waals surface area contributed by atoms with Crippen LogP contribution in [-0.2, 0) is 19.3 Å². The maximum atomic E-state index is 11.5. The van der Waals surface area contributed by atoms with Gasteiger partial charge in [0.2, 0.25) is 5.91 Å². The van der Waals surface area contributed by atoms with Crippen molar-refractivity contribution in [3.05, 3.63) is 40.6 Å². The van der Waals surface area contributed by atoms with Crippen molar-refractivity contribution in [3.8, 4) is 0 Å². The van der Waals surface area contributed by atoms with Gasteiger partial charge >= 0.3 is 0 Å². The molecule has 0 saturated carbocycles. The molecule has 1 fully saturated rings. The van der Waals surface area contributed by atoms with Crippen molar-refractivity contribution >= 4 is 16.8 Å². The molecule has 0 unspecified atom stereocenters. The largest absolute Gasteiger partial charge is 0.366 e. The number of aromatic nitrogens is 1. The van der Waals surface area contributed by atoms with Crippen LogP contribution in [0.15, 0.2) is 18.2 Å². The first kappa shape index (κ1) is 16.5. The molecule has 0 radical (unpaired) electrons. The Morgan fingerprint density at radius 2 is 1.88 bits per heavy atom. The van der Waals surface area contributed by atoms with Crippen LogP contribution in [0.25, 0.3) is 10.9 Å². The van der Waals surface area contributed by atoms with E-state index in [2.05, 4.69) is 11.0 Å². The van der Waals surface area contributed by atoms with E-state index in [0.717, 1.165) is 31.3 Å². The number of carbonyl (C=O) groups is 1. The van der Waals surface area contributed by atoms with Crippen LogP contribution in [0.4, 0.5) is 0 Å². The first-order chi connectivity index (χ1) is 12.2. The van der Waals surface area contributed by atoms with E-state index in [4.69, 9.17) is 10.7 Å². The number of pyridine rings is 1. The lowest BCUT2D eigenvalue weighted by molar-refractivity contribution is 0.100. The molecule has 2 aliphatic rings. The quantitative estimate of drug-likeness (QED) is 0.932. The van der Waals surface area contributed by atoms with E-state index < -0.39 is 0 Å². The Morgan fingerprint density at radius 1 is 1.08 bits per heavy atom. The minimum atomic E-state index is -0.378. The summed E-state index contributed by atoms with van der Waals surface area (Å²) in [6.07, 6.45) is 9.79. The van der Waals surface area contributed by atoms with Gasteiger partial charge in [0.15, 0.2) is 0 Å². The molecule has 0 atom stereocenters. The molecule has 1 aliphatic carbocycles. The Kier molecular flexibility index (Phi) is 4.71. The number of aryl methyl sites for hydroxylation is 1. The normalized spacial score (nSPS) is 18.2. The molecule has 1 saturated heterocycles. The first-order valence-corrected chi connectivity index (χ1v) is 9.69. The summed E-state index contributed by atoms with van der Waals surface area (Å²) in [5, 5.41) is 1.21. The van der Waals surface area contributed by atoms with E-state index in [0.29, 0.717) is 5.56 Å². The number of piperidine rings is 1. The fourth-order valence-corrected chi connectivity index (χ4v) is 4.42. The molecule has 4 nitrogen and oxygen atoms in total. The van der Waals surface area contributed by atoms with Gasteiger partial charge in [-0.2, -0.15) is 0 Å². The maximum absolute atomic E-state index is 11.5. The average molecular weight is 337 g/mol. The second kappa shape index (κ2) is 7.12. The third kappa shape index (κ3) is 3.40. The molecule has 25 heavy (non-hydrogen) atoms. The Hall–Kier alpha value is -1.94. The molecule has 1 aromatic heterocycles. The van der Waals surface area contributed by atoms with Crippen LogP contribution >= 0.6 is 0 Å². The molecule has 0 bridgehead atoms. The number of benzene rings is 1. The topological polar surface area (TPSA) is 59.2 Å². The van der Waals surface area contributed by atoms with E-state index in [1.807, 2.05) is 12.1 Å². The highest BCUT2D eigenvalue weighted by Crippen LogP contribution is 2.30. The Balaban J connectivity index is 1.72. The summed E-state index contributed by atoms with van der Waals surface area (Å²) in [6.45, 7) is 3.59. The van der Waals surface area contributed by atoms with Crippen LogP contribution in [0.3, 0.4) is 0 Å². The monoisotopic (exact) mass is 337 g/mol. The molecule has 2 N–H and O–H groups in total. The van der Waals surface area contributed by atoms with Crippen molar-refractivity contribution in [2.24, 2.45) is 5.73 Å². The smallest absolute Gasteiger partial charge is 0.248 e. The van der Waals surface area contributed by atoms with Gasteiger partial charge in [0, 0.05) is 23.2 Å². The van der Waals surface area contributed by atoms with Crippen LogP contribution in [0.2, 0.25) is 0 Å². The Bertz CT molecular complexity index is 793. The lowest BCUT2D eigenvalue weighted by atomic mass is 9.88. The van der Waals surface area contributed by atoms with Gasteiger partial charge in [-0.05, 0) is 81.3 Å². The van der Waals surface area contributed by atoms with Crippen molar-refractivity contribution in [1.82, 2.24) is 9.88 Å². The number of amides is 1. The minimum absolute atomic E-state index is 0.378. The van der Waals surface area contributed by atoms with Gasteiger partial charge in [-0.15, -0.1) is 0 Å². The summed E-state index contributed by atoms with van der Waals surface area (Å²) in [5.74, 6) is -0.378. The molecule has 0 spiro atoms. The molecule has 1 aromatic carbocycles. The average Bonchev–Trinajstić information content (AvgIpc) is 2.65. The van der Waals surface area contributed by atoms with Crippen LogP contribution < -0.4 is 5.73 Å². The van der Waals surface area contributed by atoms with Crippen LogP contribution in [0.1, 0.15) is 59.3 Å². The van der Waals surface area contributed by atoms with Crippen molar-refractivity contribution in [3.63, 3.8) is 0 Å². The maximum Gasteiger partial charge on any atom is 0.248 e. The van der Waals surface area contributed by atoms with Gasteiger partial charge in [-0.1, -0.05) is 12.5 Å². The lowest BCUT2D eigenvalue weighted by Gasteiger charge is -2.28. The highest BCUT2D eigenvalue weighted by Gasteiger charge is 2.20. The standard InChI is InChI=1S/C21H27N3O/c22-21(25)15-8-9-18-16(10-13-24-11-4-1-5-12-24)17-6-2-3-7-19(17)23-20(18)14-15/h8-9,14H,1-7,10-13H2,(H2,22,25). The Morgan fingerprint density at radius 3 is 2.68 bits per heavy atom. The molecule has 1 aliphatic heterocycles. The van der Waals surface area contributed by atoms with Gasteiger partial charge < -0.3 is 10.6 Å². The summed E-state index contributed by atoms with van der Waals surface area (Å²) in [5.41, 5.74) is 11.1. The van der Waals surface area contributed by atoms with Crippen molar-refractivity contribution in [2.75, 3.05) is 19.6 Å². The van der Waals surface area contributed by atoms with Gasteiger partial charge in [-0.3, -0.25) is 9.78 Å². The second-order valence-electron chi connectivity index (χ2n) is 7.47. The SMILES string of the molecule is NC(=O)c1ccc2c(CCN3CCCCC3)c3c(nc2c1)CCCC3. The van der Waals surface area contributed by atoms with E-state index >= 15 is 0 Å². The molecule has 132 valence electrons. The predicted molar refractivity (Wildman–Crippen MR) is 101 cm³/mol. The number of hydrogen-bond donors (Lipinski definition) is 1. The third-order valence-electron chi connectivity index (χ3n) is 5.79. The van der Waals surface area contributed by atoms with Crippen LogP contribution in [0.5, 0.6) is 0 Å². The first-order valence-electron chi connectivity index (χ1n) is 9.69. The molecule has 4 heteroatoms. The number of nitrogens with two attached hydrogens (primary N) is 1. The molecule has 1 amide bonds. The molecular formula is C21H27N3O.